The standard InChI is InChI=1S/C27H37N3O8/c1-19(33)25(34)23(17-32)22(16-29(3)24(5-4-12-31)26(35)28-2)27(36)38-18-21-8-6-20(7-9-21)15-30-10-13-37-14-11-30/h6-9,12,17,24,33-34,36H,1,4-5,10-11,13-16,18H2,2-3H3,(H,28,35)/b25-23+,27-22+. The number of hydrogen-bond donors (Lipinski definition) is 4. The number of carbonyl (C=O) groups excluding carboxylic acids is 3. The van der Waals surface area contributed by atoms with Crippen molar-refractivity contribution in [3.05, 3.63) is 70.6 Å². The van der Waals surface area contributed by atoms with E-state index >= 15 is 0 Å². The number of aldehydes is 2. The highest BCUT2D eigenvalue weighted by molar-refractivity contribution is 5.83. The lowest BCUT2D eigenvalue weighted by Gasteiger charge is -2.27. The Balaban J connectivity index is 2.25. The third-order valence-electron chi connectivity index (χ3n) is 6.18. The number of rotatable bonds is 15. The van der Waals surface area contributed by atoms with Gasteiger partial charge in [0.2, 0.25) is 5.91 Å². The van der Waals surface area contributed by atoms with Crippen LogP contribution in [0.4, 0.5) is 0 Å². The molecule has 208 valence electrons. The predicted octanol–water partition coefficient (Wildman–Crippen LogP) is 1.91. The van der Waals surface area contributed by atoms with Gasteiger partial charge in [-0.2, -0.15) is 0 Å². The summed E-state index contributed by atoms with van der Waals surface area (Å²) in [6, 6.07) is 6.87. The Morgan fingerprint density at radius 2 is 1.82 bits per heavy atom. The maximum absolute atomic E-state index is 12.4. The monoisotopic (exact) mass is 531 g/mol. The number of carbonyl (C=O) groups is 3. The van der Waals surface area contributed by atoms with Crippen molar-refractivity contribution in [2.75, 3.05) is 46.9 Å². The molecule has 4 N–H and O–H groups in total. The van der Waals surface area contributed by atoms with Crippen LogP contribution in [0.2, 0.25) is 0 Å². The molecule has 1 aliphatic heterocycles. The van der Waals surface area contributed by atoms with Crippen molar-refractivity contribution in [2.24, 2.45) is 0 Å². The van der Waals surface area contributed by atoms with Crippen molar-refractivity contribution in [1.29, 1.82) is 0 Å². The van der Waals surface area contributed by atoms with Crippen LogP contribution in [0.3, 0.4) is 0 Å². The molecule has 1 saturated heterocycles. The molecule has 11 heteroatoms. The fourth-order valence-electron chi connectivity index (χ4n) is 3.99. The first-order valence-corrected chi connectivity index (χ1v) is 12.3. The number of nitrogens with zero attached hydrogens (tertiary/aromatic N) is 2. The highest BCUT2D eigenvalue weighted by Gasteiger charge is 2.27. The molecule has 0 aliphatic carbocycles. The summed E-state index contributed by atoms with van der Waals surface area (Å²) in [5.74, 6) is -2.66. The number of nitrogens with one attached hydrogen (secondary N) is 1. The number of hydrogen-bond acceptors (Lipinski definition) is 10. The van der Waals surface area contributed by atoms with Gasteiger partial charge in [0.15, 0.2) is 17.8 Å². The second kappa shape index (κ2) is 15.6. The smallest absolute Gasteiger partial charge is 0.282 e. The van der Waals surface area contributed by atoms with Crippen LogP contribution in [0.5, 0.6) is 0 Å². The normalized spacial score (nSPS) is 16.2. The van der Waals surface area contributed by atoms with Gasteiger partial charge in [-0.15, -0.1) is 0 Å². The molecule has 0 spiro atoms. The third-order valence-corrected chi connectivity index (χ3v) is 6.18. The number of likely N-dealkylation sites (N-methyl/N-ethyl adjacent to an activating group) is 2. The molecule has 1 aromatic rings. The van der Waals surface area contributed by atoms with E-state index in [9.17, 15) is 29.7 Å². The minimum Gasteiger partial charge on any atom is -0.505 e. The second-order valence-corrected chi connectivity index (χ2v) is 8.89. The predicted molar refractivity (Wildman–Crippen MR) is 140 cm³/mol. The van der Waals surface area contributed by atoms with E-state index in [1.807, 2.05) is 24.3 Å². The van der Waals surface area contributed by atoms with Gasteiger partial charge in [-0.3, -0.25) is 19.4 Å². The number of morpholine rings is 1. The van der Waals surface area contributed by atoms with Crippen molar-refractivity contribution in [2.45, 2.75) is 32.0 Å². The first-order valence-electron chi connectivity index (χ1n) is 12.3. The summed E-state index contributed by atoms with van der Waals surface area (Å²) in [4.78, 5) is 38.9. The summed E-state index contributed by atoms with van der Waals surface area (Å²) in [6.07, 6.45) is 1.23. The van der Waals surface area contributed by atoms with Gasteiger partial charge >= 0.3 is 0 Å². The zero-order chi connectivity index (χ0) is 28.1. The second-order valence-electron chi connectivity index (χ2n) is 8.89. The van der Waals surface area contributed by atoms with Crippen molar-refractivity contribution in [3.63, 3.8) is 0 Å². The van der Waals surface area contributed by atoms with Gasteiger partial charge in [0.25, 0.3) is 5.95 Å². The number of aliphatic hydroxyl groups excluding tert-OH is 3. The molecule has 1 aliphatic rings. The van der Waals surface area contributed by atoms with Crippen LogP contribution in [0, 0.1) is 0 Å². The molecule has 1 heterocycles. The van der Waals surface area contributed by atoms with Crippen molar-refractivity contribution < 1.29 is 39.2 Å². The van der Waals surface area contributed by atoms with Crippen molar-refractivity contribution >= 4 is 18.5 Å². The van der Waals surface area contributed by atoms with E-state index in [2.05, 4.69) is 16.8 Å². The molecule has 1 aromatic carbocycles. The van der Waals surface area contributed by atoms with Crippen LogP contribution in [-0.4, -0.2) is 96.6 Å². The number of ether oxygens (including phenoxy) is 2. The van der Waals surface area contributed by atoms with Crippen LogP contribution in [0.1, 0.15) is 24.0 Å². The van der Waals surface area contributed by atoms with E-state index in [-0.39, 0.29) is 43.8 Å². The molecule has 0 radical (unpaired) electrons. The highest BCUT2D eigenvalue weighted by atomic mass is 16.6. The van der Waals surface area contributed by atoms with Gasteiger partial charge in [0.05, 0.1) is 30.4 Å². The average molecular weight is 532 g/mol. The van der Waals surface area contributed by atoms with E-state index in [1.165, 1.54) is 11.9 Å². The van der Waals surface area contributed by atoms with Gasteiger partial charge in [0, 0.05) is 39.6 Å². The Morgan fingerprint density at radius 1 is 1.18 bits per heavy atom. The Kier molecular flexibility index (Phi) is 12.5. The summed E-state index contributed by atoms with van der Waals surface area (Å²) >= 11 is 0. The van der Waals surface area contributed by atoms with E-state index in [0.717, 1.165) is 30.8 Å². The number of amides is 1. The minimum absolute atomic E-state index is 0.0477. The van der Waals surface area contributed by atoms with Crippen LogP contribution in [0.25, 0.3) is 0 Å². The fourth-order valence-corrected chi connectivity index (χ4v) is 3.99. The zero-order valence-corrected chi connectivity index (χ0v) is 21.9. The largest absolute Gasteiger partial charge is 0.505 e. The first kappa shape index (κ1) is 30.6. The molecule has 1 atom stereocenters. The molecule has 1 unspecified atom stereocenters. The molecule has 1 amide bonds. The zero-order valence-electron chi connectivity index (χ0n) is 21.9. The molecule has 0 saturated carbocycles. The molecular weight excluding hydrogens is 494 g/mol. The maximum Gasteiger partial charge on any atom is 0.282 e. The van der Waals surface area contributed by atoms with Crippen molar-refractivity contribution in [3.8, 4) is 0 Å². The Bertz CT molecular complexity index is 1030. The molecule has 0 bridgehead atoms. The van der Waals surface area contributed by atoms with E-state index in [1.54, 1.807) is 7.05 Å². The summed E-state index contributed by atoms with van der Waals surface area (Å²) in [6.45, 7) is 6.91. The Labute approximate surface area is 222 Å². The lowest BCUT2D eigenvalue weighted by molar-refractivity contribution is -0.125. The molecular formula is C27H37N3O8. The van der Waals surface area contributed by atoms with Crippen LogP contribution in [0.15, 0.2) is 59.5 Å². The van der Waals surface area contributed by atoms with E-state index in [0.29, 0.717) is 19.5 Å². The van der Waals surface area contributed by atoms with Gasteiger partial charge in [-0.05, 0) is 24.6 Å². The minimum atomic E-state index is -0.838. The SMILES string of the molecule is C=C(O)/C(O)=C(C=O)\C(CN(C)C(CCC=O)C(=O)NC)=C(/O)OCc1ccc(CN2CCOCC2)cc1. The fraction of sp³-hybridized carbons (Fsp3) is 0.444. The van der Waals surface area contributed by atoms with Gasteiger partial charge in [-0.25, -0.2) is 0 Å². The lowest BCUT2D eigenvalue weighted by Crippen LogP contribution is -2.45. The average Bonchev–Trinajstić information content (AvgIpc) is 2.92. The quantitative estimate of drug-likeness (QED) is 0.114. The van der Waals surface area contributed by atoms with Gasteiger partial charge in [-0.1, -0.05) is 30.8 Å². The van der Waals surface area contributed by atoms with Crippen molar-refractivity contribution in [1.82, 2.24) is 15.1 Å². The van der Waals surface area contributed by atoms with E-state index in [4.69, 9.17) is 9.47 Å². The number of benzene rings is 1. The van der Waals surface area contributed by atoms with Crippen LogP contribution < -0.4 is 5.32 Å². The third kappa shape index (κ3) is 9.02. The summed E-state index contributed by atoms with van der Waals surface area (Å²) in [5, 5.41) is 33.2. The molecule has 2 rings (SSSR count). The molecule has 0 aromatic heterocycles. The highest BCUT2D eigenvalue weighted by Crippen LogP contribution is 2.22. The molecule has 1 fully saturated rings. The topological polar surface area (TPSA) is 149 Å². The first-order chi connectivity index (χ1) is 18.2. The summed E-state index contributed by atoms with van der Waals surface area (Å²) < 4.78 is 10.9. The van der Waals surface area contributed by atoms with Crippen LogP contribution >= 0.6 is 0 Å². The number of aliphatic hydroxyl groups is 3. The van der Waals surface area contributed by atoms with Gasteiger partial charge in [0.1, 0.15) is 12.9 Å². The van der Waals surface area contributed by atoms with Crippen LogP contribution in [-0.2, 0) is 37.0 Å². The molecule has 11 nitrogen and oxygen atoms in total. The summed E-state index contributed by atoms with van der Waals surface area (Å²) in [7, 11) is 3.00. The Morgan fingerprint density at radius 3 is 2.37 bits per heavy atom. The maximum atomic E-state index is 12.4. The Hall–Kier alpha value is -3.67. The summed E-state index contributed by atoms with van der Waals surface area (Å²) in [5.41, 5.74) is 1.25. The van der Waals surface area contributed by atoms with E-state index < -0.39 is 29.1 Å². The van der Waals surface area contributed by atoms with Gasteiger partial charge < -0.3 is 34.9 Å². The lowest BCUT2D eigenvalue weighted by atomic mass is 10.0. The molecule has 38 heavy (non-hydrogen) atoms.